The summed E-state index contributed by atoms with van der Waals surface area (Å²) in [6.45, 7) is 0. The van der Waals surface area contributed by atoms with Gasteiger partial charge in [0.15, 0.2) is 0 Å². The highest BCUT2D eigenvalue weighted by atomic mass is 32.3. The highest BCUT2D eigenvalue weighted by Crippen LogP contribution is 1.85. The van der Waals surface area contributed by atoms with Gasteiger partial charge in [0.25, 0.3) is 0 Å². The van der Waals surface area contributed by atoms with Crippen LogP contribution in [0.4, 0.5) is 0 Å². The lowest BCUT2D eigenvalue weighted by atomic mass is 11.8. The monoisotopic (exact) mass is 128 g/mol. The Bertz CT molecular complexity index is 140. The summed E-state index contributed by atoms with van der Waals surface area (Å²) in [5.74, 6) is 0. The van der Waals surface area contributed by atoms with Crippen LogP contribution in [0.15, 0.2) is 0 Å². The molecule has 0 saturated carbocycles. The first-order valence-corrected chi connectivity index (χ1v) is 2.58. The molecule has 0 aromatic rings. The van der Waals surface area contributed by atoms with E-state index in [9.17, 15) is 8.42 Å². The summed E-state index contributed by atoms with van der Waals surface area (Å²) in [4.78, 5) is 0. The van der Waals surface area contributed by atoms with Gasteiger partial charge in [-0.15, -0.1) is 0 Å². The van der Waals surface area contributed by atoms with Gasteiger partial charge in [-0.2, -0.15) is 8.42 Å². The highest BCUT2D eigenvalue weighted by Gasteiger charge is 2.01. The smallest absolute Gasteiger partial charge is 0.252 e. The Morgan fingerprint density at radius 1 is 1.43 bits per heavy atom. The van der Waals surface area contributed by atoms with Crippen LogP contribution in [0.1, 0.15) is 2.74 Å². The van der Waals surface area contributed by atoms with Crippen molar-refractivity contribution in [2.45, 2.75) is 0 Å². The first kappa shape index (κ1) is 3.82. The van der Waals surface area contributed by atoms with E-state index in [0.717, 1.165) is 0 Å². The molecule has 5 heteroatoms. The lowest BCUT2D eigenvalue weighted by molar-refractivity contribution is 0.286. The molecule has 0 aliphatic rings. The second-order valence-electron chi connectivity index (χ2n) is 0.644. The molecule has 0 spiro atoms. The maximum atomic E-state index is 10.1. The normalized spacial score (nSPS) is 15.4. The fourth-order valence-corrected chi connectivity index (χ4v) is 0.102. The summed E-state index contributed by atoms with van der Waals surface area (Å²) in [7, 11) is -5.50. The lowest BCUT2D eigenvalue weighted by Crippen LogP contribution is -2.02. The summed E-state index contributed by atoms with van der Waals surface area (Å²) in [5, 5.41) is 0. The maximum absolute atomic E-state index is 10.1. The predicted octanol–water partition coefficient (Wildman–Crippen LogP) is -0.476. The molecule has 4 nitrogen and oxygen atoms in total. The van der Waals surface area contributed by atoms with Gasteiger partial charge in [0.05, 0.1) is 16.9 Å². The summed E-state index contributed by atoms with van der Waals surface area (Å²) >= 11 is 0. The molecule has 0 saturated heterocycles. The molecule has 0 bridgehead atoms. The van der Waals surface area contributed by atoms with Gasteiger partial charge < -0.3 is 0 Å². The van der Waals surface area contributed by atoms with Gasteiger partial charge in [0, 0.05) is 0 Å². The van der Waals surface area contributed by atoms with Crippen LogP contribution in [0, 0.1) is 0 Å². The van der Waals surface area contributed by atoms with Crippen LogP contribution in [0.3, 0.4) is 0 Å². The summed E-state index contributed by atoms with van der Waals surface area (Å²) in [6, 6.07) is 0. The average Bonchev–Trinajstić information content (AvgIpc) is 1.64. The minimum absolute atomic E-state index is 0.720. The lowest BCUT2D eigenvalue weighted by Gasteiger charge is -1.91. The van der Waals surface area contributed by atoms with Gasteiger partial charge in [0.2, 0.25) is 0 Å². The van der Waals surface area contributed by atoms with Gasteiger partial charge in [-0.25, -0.2) is 0 Å². The molecule has 0 aromatic carbocycles. The minimum Gasteiger partial charge on any atom is -0.252 e. The van der Waals surface area contributed by atoms with E-state index in [4.69, 9.17) is 2.74 Å². The zero-order chi connectivity index (χ0) is 7.33. The van der Waals surface area contributed by atoms with E-state index in [1.54, 1.807) is 0 Å². The van der Waals surface area contributed by atoms with Crippen molar-refractivity contribution in [3.63, 3.8) is 0 Å². The topological polar surface area (TPSA) is 52.6 Å². The molecule has 7 heavy (non-hydrogen) atoms. The third-order valence-corrected chi connectivity index (χ3v) is 0.866. The van der Waals surface area contributed by atoms with Gasteiger partial charge in [-0.1, -0.05) is 0 Å². The minimum atomic E-state index is -4.06. The Morgan fingerprint density at radius 3 is 2.14 bits per heavy atom. The average molecular weight is 128 g/mol. The molecule has 44 valence electrons. The maximum Gasteiger partial charge on any atom is 0.399 e. The van der Waals surface area contributed by atoms with Crippen LogP contribution in [0.5, 0.6) is 0 Å². The standard InChI is InChI=1S/C2H6O4S/c1-5-7(3,4)6-2/h1-2H3/i1D,2D. The quantitative estimate of drug-likeness (QED) is 0.504. The number of hydrogen-bond acceptors (Lipinski definition) is 4. The summed E-state index contributed by atoms with van der Waals surface area (Å²) in [6.07, 6.45) is 0. The first-order chi connectivity index (χ1) is 4.12. The molecule has 0 atom stereocenters. The third kappa shape index (κ3) is 2.55. The first-order valence-electron chi connectivity index (χ1n) is 2.66. The van der Waals surface area contributed by atoms with Gasteiger partial charge in [0.1, 0.15) is 0 Å². The number of hydrogen-bond donors (Lipinski definition) is 0. The molecule has 0 radical (unpaired) electrons. The molecular formula is C2H6O4S. The van der Waals surface area contributed by atoms with Crippen molar-refractivity contribution >= 4 is 10.4 Å². The Balaban J connectivity index is 3.73. The summed E-state index contributed by atoms with van der Waals surface area (Å²) < 4.78 is 40.4. The second-order valence-corrected chi connectivity index (χ2v) is 1.93. The molecule has 0 fully saturated rings. The van der Waals surface area contributed by atoms with Crippen LogP contribution >= 0.6 is 0 Å². The van der Waals surface area contributed by atoms with E-state index in [1.807, 2.05) is 0 Å². The molecule has 0 heterocycles. The number of rotatable bonds is 2. The van der Waals surface area contributed by atoms with Crippen molar-refractivity contribution in [2.24, 2.45) is 0 Å². The molecular weight excluding hydrogens is 120 g/mol. The Morgan fingerprint density at radius 2 is 1.86 bits per heavy atom. The van der Waals surface area contributed by atoms with Gasteiger partial charge in [-0.05, 0) is 0 Å². The van der Waals surface area contributed by atoms with Crippen molar-refractivity contribution in [1.82, 2.24) is 0 Å². The Labute approximate surface area is 45.2 Å². The molecule has 0 rings (SSSR count). The molecule has 0 unspecified atom stereocenters. The largest absolute Gasteiger partial charge is 0.399 e. The van der Waals surface area contributed by atoms with E-state index >= 15 is 0 Å². The SMILES string of the molecule is [2H]COS(=O)(=O)OC[2H]. The zero-order valence-electron chi connectivity index (χ0n) is 5.46. The van der Waals surface area contributed by atoms with Crippen LogP contribution in [-0.2, 0) is 18.8 Å². The second kappa shape index (κ2) is 2.25. The zero-order valence-corrected chi connectivity index (χ0v) is 4.27. The Hall–Kier alpha value is -0.130. The van der Waals surface area contributed by atoms with Crippen molar-refractivity contribution in [2.75, 3.05) is 14.2 Å². The van der Waals surface area contributed by atoms with E-state index in [-0.39, 0.29) is 0 Å². The van der Waals surface area contributed by atoms with Crippen LogP contribution in [0.25, 0.3) is 0 Å². The fraction of sp³-hybridized carbons (Fsp3) is 1.00. The third-order valence-electron chi connectivity index (χ3n) is 0.289. The van der Waals surface area contributed by atoms with Crippen molar-refractivity contribution in [3.8, 4) is 0 Å². The predicted molar refractivity (Wildman–Crippen MR) is 22.9 cm³/mol. The van der Waals surface area contributed by atoms with E-state index in [1.165, 1.54) is 0 Å². The molecule has 0 aromatic heterocycles. The fourth-order valence-electron chi connectivity index (χ4n) is 0.0340. The molecule has 0 N–H and O–H groups in total. The van der Waals surface area contributed by atoms with Crippen molar-refractivity contribution < 1.29 is 19.5 Å². The van der Waals surface area contributed by atoms with E-state index in [2.05, 4.69) is 8.37 Å². The Kier molecular flexibility index (Phi) is 1.23. The molecule has 0 amide bonds. The molecule has 0 aliphatic heterocycles. The van der Waals surface area contributed by atoms with Gasteiger partial charge in [-0.3, -0.25) is 8.37 Å². The highest BCUT2D eigenvalue weighted by molar-refractivity contribution is 7.81. The van der Waals surface area contributed by atoms with Crippen LogP contribution in [-0.4, -0.2) is 22.6 Å². The summed E-state index contributed by atoms with van der Waals surface area (Å²) in [5.41, 5.74) is 0. The van der Waals surface area contributed by atoms with Crippen molar-refractivity contribution in [1.29, 1.82) is 0 Å². The van der Waals surface area contributed by atoms with Crippen LogP contribution < -0.4 is 0 Å². The van der Waals surface area contributed by atoms with E-state index in [0.29, 0.717) is 0 Å². The van der Waals surface area contributed by atoms with E-state index < -0.39 is 24.6 Å². The van der Waals surface area contributed by atoms with Crippen LogP contribution in [0.2, 0.25) is 0 Å². The molecule has 0 aliphatic carbocycles. The van der Waals surface area contributed by atoms with Crippen molar-refractivity contribution in [3.05, 3.63) is 0 Å². The van der Waals surface area contributed by atoms with Gasteiger partial charge >= 0.3 is 10.4 Å².